The van der Waals surface area contributed by atoms with Gasteiger partial charge < -0.3 is 10.4 Å². The molecule has 1 unspecified atom stereocenters. The second-order valence-corrected chi connectivity index (χ2v) is 7.89. The van der Waals surface area contributed by atoms with E-state index in [2.05, 4.69) is 5.32 Å². The van der Waals surface area contributed by atoms with Crippen molar-refractivity contribution in [3.63, 3.8) is 0 Å². The van der Waals surface area contributed by atoms with E-state index in [1.54, 1.807) is 6.08 Å². The van der Waals surface area contributed by atoms with Crippen LogP contribution in [-0.2, 0) is 16.0 Å². The summed E-state index contributed by atoms with van der Waals surface area (Å²) in [5.41, 5.74) is 0.974. The molecule has 3 amide bonds. The largest absolute Gasteiger partial charge is 0.394 e. The standard InChI is InChI=1S/C19H18N2O4S2/c22-12-14(9-13-5-2-1-3-6-13)20-17(23)11-21-18(24)16(27-19(21)25)10-15-7-4-8-26-15/h1-8,10,14,22H,9,11-12H2,(H,20,23). The molecule has 2 N–H and O–H groups in total. The Bertz CT molecular complexity index is 850. The monoisotopic (exact) mass is 402 g/mol. The Kier molecular flexibility index (Phi) is 6.44. The lowest BCUT2D eigenvalue weighted by molar-refractivity contribution is -0.129. The summed E-state index contributed by atoms with van der Waals surface area (Å²) >= 11 is 2.29. The lowest BCUT2D eigenvalue weighted by atomic mass is 10.1. The smallest absolute Gasteiger partial charge is 0.294 e. The minimum Gasteiger partial charge on any atom is -0.394 e. The Morgan fingerprint density at radius 2 is 1.96 bits per heavy atom. The number of amides is 3. The zero-order valence-corrected chi connectivity index (χ0v) is 16.0. The predicted molar refractivity (Wildman–Crippen MR) is 106 cm³/mol. The van der Waals surface area contributed by atoms with Gasteiger partial charge in [-0.2, -0.15) is 0 Å². The van der Waals surface area contributed by atoms with Crippen molar-refractivity contribution in [1.82, 2.24) is 10.2 Å². The number of rotatable bonds is 7. The van der Waals surface area contributed by atoms with Gasteiger partial charge in [0.25, 0.3) is 11.1 Å². The normalized spacial score (nSPS) is 16.8. The van der Waals surface area contributed by atoms with Crippen LogP contribution in [0.2, 0.25) is 0 Å². The molecular weight excluding hydrogens is 384 g/mol. The molecule has 140 valence electrons. The van der Waals surface area contributed by atoms with Gasteiger partial charge in [0.2, 0.25) is 5.91 Å². The summed E-state index contributed by atoms with van der Waals surface area (Å²) in [4.78, 5) is 38.9. The van der Waals surface area contributed by atoms with E-state index in [9.17, 15) is 19.5 Å². The van der Waals surface area contributed by atoms with E-state index in [1.807, 2.05) is 47.8 Å². The number of hydrogen-bond donors (Lipinski definition) is 2. The van der Waals surface area contributed by atoms with Crippen LogP contribution in [0.4, 0.5) is 4.79 Å². The molecule has 1 fully saturated rings. The molecule has 2 heterocycles. The number of aliphatic hydroxyl groups excluding tert-OH is 1. The van der Waals surface area contributed by atoms with Crippen molar-refractivity contribution in [1.29, 1.82) is 0 Å². The highest BCUT2D eigenvalue weighted by Gasteiger charge is 2.36. The summed E-state index contributed by atoms with van der Waals surface area (Å²) in [5.74, 6) is -0.957. The fourth-order valence-corrected chi connectivity index (χ4v) is 4.18. The first-order valence-corrected chi connectivity index (χ1v) is 9.99. The van der Waals surface area contributed by atoms with Crippen molar-refractivity contribution in [2.45, 2.75) is 12.5 Å². The third-order valence-corrected chi connectivity index (χ3v) is 5.63. The van der Waals surface area contributed by atoms with E-state index in [1.165, 1.54) is 11.3 Å². The Morgan fingerprint density at radius 3 is 2.63 bits per heavy atom. The van der Waals surface area contributed by atoms with Crippen LogP contribution in [0.3, 0.4) is 0 Å². The number of nitrogens with one attached hydrogen (secondary N) is 1. The Hall–Kier alpha value is -2.42. The van der Waals surface area contributed by atoms with E-state index in [0.717, 1.165) is 27.1 Å². The SMILES string of the molecule is O=C(CN1C(=O)SC(=Cc2cccs2)C1=O)NC(CO)Cc1ccccc1. The molecule has 1 aliphatic rings. The molecule has 8 heteroatoms. The molecule has 1 atom stereocenters. The van der Waals surface area contributed by atoms with Crippen molar-refractivity contribution >= 4 is 46.2 Å². The van der Waals surface area contributed by atoms with Gasteiger partial charge in [0, 0.05) is 4.88 Å². The van der Waals surface area contributed by atoms with Gasteiger partial charge in [-0.3, -0.25) is 19.3 Å². The fraction of sp³-hybridized carbons (Fsp3) is 0.211. The molecule has 6 nitrogen and oxygen atoms in total. The predicted octanol–water partition coefficient (Wildman–Crippen LogP) is 2.50. The van der Waals surface area contributed by atoms with E-state index in [-0.39, 0.29) is 13.2 Å². The van der Waals surface area contributed by atoms with Crippen molar-refractivity contribution in [3.8, 4) is 0 Å². The minimum atomic E-state index is -0.485. The number of imide groups is 1. The van der Waals surface area contributed by atoms with Gasteiger partial charge in [0.1, 0.15) is 6.54 Å². The maximum absolute atomic E-state index is 12.4. The minimum absolute atomic E-state index is 0.235. The van der Waals surface area contributed by atoms with Crippen LogP contribution in [0.1, 0.15) is 10.4 Å². The average molecular weight is 402 g/mol. The van der Waals surface area contributed by atoms with Crippen LogP contribution >= 0.6 is 23.1 Å². The number of carbonyl (C=O) groups is 3. The number of benzene rings is 1. The van der Waals surface area contributed by atoms with Crippen LogP contribution in [0.5, 0.6) is 0 Å². The average Bonchev–Trinajstić information content (AvgIpc) is 3.26. The summed E-state index contributed by atoms with van der Waals surface area (Å²) in [6, 6.07) is 12.7. The Balaban J connectivity index is 1.59. The van der Waals surface area contributed by atoms with E-state index in [0.29, 0.717) is 11.3 Å². The molecule has 0 saturated carbocycles. The highest BCUT2D eigenvalue weighted by Crippen LogP contribution is 2.32. The molecule has 3 rings (SSSR count). The highest BCUT2D eigenvalue weighted by atomic mass is 32.2. The number of nitrogens with zero attached hydrogens (tertiary/aromatic N) is 1. The van der Waals surface area contributed by atoms with Gasteiger partial charge in [0.15, 0.2) is 0 Å². The molecule has 1 aromatic heterocycles. The molecular formula is C19H18N2O4S2. The summed E-state index contributed by atoms with van der Waals surface area (Å²) < 4.78 is 0. The van der Waals surface area contributed by atoms with Crippen LogP contribution in [0, 0.1) is 0 Å². The van der Waals surface area contributed by atoms with Crippen LogP contribution in [-0.4, -0.2) is 46.3 Å². The number of hydrogen-bond acceptors (Lipinski definition) is 6. The van der Waals surface area contributed by atoms with Crippen LogP contribution in [0.25, 0.3) is 6.08 Å². The first-order chi connectivity index (χ1) is 13.1. The van der Waals surface area contributed by atoms with Gasteiger partial charge in [-0.25, -0.2) is 0 Å². The first kappa shape index (κ1) is 19.3. The van der Waals surface area contributed by atoms with Crippen molar-refractivity contribution in [3.05, 3.63) is 63.2 Å². The van der Waals surface area contributed by atoms with Gasteiger partial charge >= 0.3 is 0 Å². The summed E-state index contributed by atoms with van der Waals surface area (Å²) in [6.45, 7) is -0.599. The quantitative estimate of drug-likeness (QED) is 0.695. The van der Waals surface area contributed by atoms with Crippen molar-refractivity contribution in [2.24, 2.45) is 0 Å². The molecule has 0 spiro atoms. The molecule has 0 radical (unpaired) electrons. The molecule has 1 saturated heterocycles. The maximum atomic E-state index is 12.4. The number of carbonyl (C=O) groups excluding carboxylic acids is 3. The van der Waals surface area contributed by atoms with E-state index in [4.69, 9.17) is 0 Å². The highest BCUT2D eigenvalue weighted by molar-refractivity contribution is 8.18. The van der Waals surface area contributed by atoms with Gasteiger partial charge in [-0.15, -0.1) is 11.3 Å². The number of thiophene rings is 1. The van der Waals surface area contributed by atoms with Gasteiger partial charge in [0.05, 0.1) is 17.6 Å². The lowest BCUT2D eigenvalue weighted by Crippen LogP contribution is -2.45. The molecule has 0 bridgehead atoms. The van der Waals surface area contributed by atoms with Crippen LogP contribution in [0.15, 0.2) is 52.7 Å². The summed E-state index contributed by atoms with van der Waals surface area (Å²) in [7, 11) is 0. The number of aliphatic hydroxyl groups is 1. The third kappa shape index (κ3) is 5.06. The molecule has 27 heavy (non-hydrogen) atoms. The zero-order valence-electron chi connectivity index (χ0n) is 14.3. The zero-order chi connectivity index (χ0) is 19.2. The van der Waals surface area contributed by atoms with E-state index >= 15 is 0 Å². The second-order valence-electron chi connectivity index (χ2n) is 5.92. The summed E-state index contributed by atoms with van der Waals surface area (Å²) in [5, 5.41) is 13.6. The molecule has 2 aromatic rings. The third-order valence-electron chi connectivity index (χ3n) is 3.90. The summed E-state index contributed by atoms with van der Waals surface area (Å²) in [6.07, 6.45) is 2.11. The molecule has 1 aromatic carbocycles. The Morgan fingerprint density at radius 1 is 1.19 bits per heavy atom. The van der Waals surface area contributed by atoms with Crippen LogP contribution < -0.4 is 5.32 Å². The van der Waals surface area contributed by atoms with E-state index < -0.39 is 23.1 Å². The van der Waals surface area contributed by atoms with Crippen molar-refractivity contribution < 1.29 is 19.5 Å². The molecule has 1 aliphatic heterocycles. The fourth-order valence-electron chi connectivity index (χ4n) is 2.62. The van der Waals surface area contributed by atoms with Gasteiger partial charge in [-0.05, 0) is 41.3 Å². The van der Waals surface area contributed by atoms with Crippen molar-refractivity contribution in [2.75, 3.05) is 13.2 Å². The molecule has 0 aliphatic carbocycles. The second kappa shape index (κ2) is 8.98. The van der Waals surface area contributed by atoms with Gasteiger partial charge in [-0.1, -0.05) is 36.4 Å². The first-order valence-electron chi connectivity index (χ1n) is 8.30. The number of thioether (sulfide) groups is 1. The topological polar surface area (TPSA) is 86.7 Å². The maximum Gasteiger partial charge on any atom is 0.294 e. The Labute approximate surface area is 164 Å². The lowest BCUT2D eigenvalue weighted by Gasteiger charge is -2.18.